The van der Waals surface area contributed by atoms with Crippen LogP contribution in [0.2, 0.25) is 0 Å². The molecule has 0 radical (unpaired) electrons. The smallest absolute Gasteiger partial charge is 0.416 e. The molecule has 6 nitrogen and oxygen atoms in total. The minimum atomic E-state index is -4.46. The lowest BCUT2D eigenvalue weighted by Gasteiger charge is -2.08. The van der Waals surface area contributed by atoms with Gasteiger partial charge in [0.25, 0.3) is 0 Å². The van der Waals surface area contributed by atoms with Gasteiger partial charge in [-0.15, -0.1) is 0 Å². The lowest BCUT2D eigenvalue weighted by molar-refractivity contribution is -0.137. The van der Waals surface area contributed by atoms with Crippen molar-refractivity contribution in [3.8, 4) is 34.3 Å². The number of halogens is 3. The summed E-state index contributed by atoms with van der Waals surface area (Å²) in [5.41, 5.74) is -0.210. The van der Waals surface area contributed by atoms with E-state index in [0.717, 1.165) is 12.1 Å². The number of alkyl halides is 3. The molecular formula is C21H18F3NO5. The maximum Gasteiger partial charge on any atom is 0.416 e. The van der Waals surface area contributed by atoms with Crippen molar-refractivity contribution in [2.75, 3.05) is 20.8 Å². The molecule has 158 valence electrons. The second-order valence-electron chi connectivity index (χ2n) is 6.09. The molecule has 0 unspecified atom stereocenters. The van der Waals surface area contributed by atoms with Gasteiger partial charge >= 0.3 is 12.1 Å². The molecule has 0 atom stereocenters. The Morgan fingerprint density at radius 3 is 2.10 bits per heavy atom. The molecule has 0 aliphatic carbocycles. The summed E-state index contributed by atoms with van der Waals surface area (Å²) < 4.78 is 59.8. The van der Waals surface area contributed by atoms with Gasteiger partial charge in [0.1, 0.15) is 11.5 Å². The van der Waals surface area contributed by atoms with E-state index in [1.165, 1.54) is 26.4 Å². The molecule has 0 amide bonds. The van der Waals surface area contributed by atoms with E-state index >= 15 is 0 Å². The van der Waals surface area contributed by atoms with Gasteiger partial charge in [0.05, 0.1) is 26.4 Å². The number of oxazole rings is 1. The van der Waals surface area contributed by atoms with Crippen molar-refractivity contribution in [3.63, 3.8) is 0 Å². The zero-order chi connectivity index (χ0) is 21.9. The minimum absolute atomic E-state index is 0.0245. The molecule has 0 fully saturated rings. The predicted molar refractivity (Wildman–Crippen MR) is 101 cm³/mol. The van der Waals surface area contributed by atoms with Crippen LogP contribution in [0.3, 0.4) is 0 Å². The Bertz CT molecular complexity index is 1020. The minimum Gasteiger partial charge on any atom is -0.497 e. The predicted octanol–water partition coefficient (Wildman–Crippen LogP) is 5.22. The van der Waals surface area contributed by atoms with Gasteiger partial charge in [0.15, 0.2) is 11.5 Å². The molecule has 9 heteroatoms. The summed E-state index contributed by atoms with van der Waals surface area (Å²) in [6.45, 7) is 1.76. The highest BCUT2D eigenvalue weighted by molar-refractivity contribution is 5.94. The van der Waals surface area contributed by atoms with E-state index in [-0.39, 0.29) is 29.5 Å². The third-order valence-electron chi connectivity index (χ3n) is 4.17. The zero-order valence-electron chi connectivity index (χ0n) is 16.4. The molecule has 3 aromatic rings. The number of hydrogen-bond donors (Lipinski definition) is 0. The summed E-state index contributed by atoms with van der Waals surface area (Å²) in [7, 11) is 2.94. The van der Waals surface area contributed by atoms with Crippen LogP contribution in [0.25, 0.3) is 22.8 Å². The number of methoxy groups -OCH3 is 2. The number of carbonyl (C=O) groups is 1. The Morgan fingerprint density at radius 1 is 1.00 bits per heavy atom. The number of carbonyl (C=O) groups excluding carboxylic acids is 1. The molecule has 0 spiro atoms. The second-order valence-corrected chi connectivity index (χ2v) is 6.09. The Hall–Kier alpha value is -3.49. The van der Waals surface area contributed by atoms with Crippen LogP contribution >= 0.6 is 0 Å². The molecule has 1 aromatic heterocycles. The lowest BCUT2D eigenvalue weighted by Crippen LogP contribution is -2.06. The number of ether oxygens (including phenoxy) is 3. The SMILES string of the molecule is CCOC(=O)c1nc(-c2ccc(C(F)(F)F)cc2)oc1-c1cc(OC)cc(OC)c1. The van der Waals surface area contributed by atoms with Gasteiger partial charge in [-0.05, 0) is 43.3 Å². The van der Waals surface area contributed by atoms with Crippen LogP contribution in [0.15, 0.2) is 46.9 Å². The van der Waals surface area contributed by atoms with Crippen molar-refractivity contribution >= 4 is 5.97 Å². The number of hydrogen-bond acceptors (Lipinski definition) is 6. The van der Waals surface area contributed by atoms with Crippen molar-refractivity contribution in [1.82, 2.24) is 4.98 Å². The summed E-state index contributed by atoms with van der Waals surface area (Å²) in [4.78, 5) is 16.6. The summed E-state index contributed by atoms with van der Waals surface area (Å²) in [6.07, 6.45) is -4.46. The van der Waals surface area contributed by atoms with E-state index in [4.69, 9.17) is 18.6 Å². The highest BCUT2D eigenvalue weighted by atomic mass is 19.4. The van der Waals surface area contributed by atoms with E-state index in [0.29, 0.717) is 17.1 Å². The number of rotatable bonds is 6. The molecule has 0 aliphatic heterocycles. The van der Waals surface area contributed by atoms with Gasteiger partial charge in [0.2, 0.25) is 5.89 Å². The highest BCUT2D eigenvalue weighted by Crippen LogP contribution is 2.36. The Balaban J connectivity index is 2.12. The van der Waals surface area contributed by atoms with Gasteiger partial charge in [-0.1, -0.05) is 0 Å². The molecular weight excluding hydrogens is 403 g/mol. The normalized spacial score (nSPS) is 11.3. The first-order valence-corrected chi connectivity index (χ1v) is 8.85. The Kier molecular flexibility index (Phi) is 6.00. The molecule has 0 bridgehead atoms. The fraction of sp³-hybridized carbons (Fsp3) is 0.238. The molecule has 30 heavy (non-hydrogen) atoms. The first kappa shape index (κ1) is 21.2. The molecule has 3 rings (SSSR count). The number of aromatic nitrogens is 1. The largest absolute Gasteiger partial charge is 0.497 e. The third kappa shape index (κ3) is 4.40. The Labute approximate surface area is 170 Å². The lowest BCUT2D eigenvalue weighted by atomic mass is 10.1. The number of esters is 1. The van der Waals surface area contributed by atoms with Crippen LogP contribution in [0.1, 0.15) is 23.0 Å². The Morgan fingerprint density at radius 2 is 1.60 bits per heavy atom. The van der Waals surface area contributed by atoms with Crippen LogP contribution < -0.4 is 9.47 Å². The summed E-state index contributed by atoms with van der Waals surface area (Å²) in [5.74, 6) is 0.235. The van der Waals surface area contributed by atoms with Crippen molar-refractivity contribution < 1.29 is 36.6 Å². The monoisotopic (exact) mass is 421 g/mol. The van der Waals surface area contributed by atoms with Crippen LogP contribution in [-0.2, 0) is 10.9 Å². The zero-order valence-corrected chi connectivity index (χ0v) is 16.4. The molecule has 0 N–H and O–H groups in total. The fourth-order valence-electron chi connectivity index (χ4n) is 2.72. The number of nitrogens with zero attached hydrogens (tertiary/aromatic N) is 1. The fourth-order valence-corrected chi connectivity index (χ4v) is 2.72. The first-order valence-electron chi connectivity index (χ1n) is 8.85. The van der Waals surface area contributed by atoms with E-state index in [1.54, 1.807) is 25.1 Å². The topological polar surface area (TPSA) is 70.8 Å². The third-order valence-corrected chi connectivity index (χ3v) is 4.17. The van der Waals surface area contributed by atoms with E-state index in [1.807, 2.05) is 0 Å². The van der Waals surface area contributed by atoms with Crippen molar-refractivity contribution in [2.24, 2.45) is 0 Å². The maximum atomic E-state index is 12.8. The quantitative estimate of drug-likeness (QED) is 0.508. The summed E-state index contributed by atoms with van der Waals surface area (Å²) in [5, 5.41) is 0. The molecule has 1 heterocycles. The van der Waals surface area contributed by atoms with Crippen LogP contribution in [0.5, 0.6) is 11.5 Å². The molecule has 0 saturated heterocycles. The molecule has 2 aromatic carbocycles. The average molecular weight is 421 g/mol. The van der Waals surface area contributed by atoms with Gasteiger partial charge in [-0.3, -0.25) is 0 Å². The van der Waals surface area contributed by atoms with Crippen LogP contribution in [0, 0.1) is 0 Å². The molecule has 0 aliphatic rings. The van der Waals surface area contributed by atoms with Crippen molar-refractivity contribution in [1.29, 1.82) is 0 Å². The maximum absolute atomic E-state index is 12.8. The highest BCUT2D eigenvalue weighted by Gasteiger charge is 2.30. The van der Waals surface area contributed by atoms with Crippen LogP contribution in [-0.4, -0.2) is 31.8 Å². The van der Waals surface area contributed by atoms with Gasteiger partial charge in [-0.2, -0.15) is 13.2 Å². The summed E-state index contributed by atoms with van der Waals surface area (Å²) in [6, 6.07) is 9.14. The summed E-state index contributed by atoms with van der Waals surface area (Å²) >= 11 is 0. The first-order chi connectivity index (χ1) is 14.3. The van der Waals surface area contributed by atoms with Crippen molar-refractivity contribution in [3.05, 3.63) is 53.7 Å². The average Bonchev–Trinajstić information content (AvgIpc) is 3.18. The van der Waals surface area contributed by atoms with Gasteiger partial charge in [0, 0.05) is 17.2 Å². The van der Waals surface area contributed by atoms with Gasteiger partial charge in [-0.25, -0.2) is 9.78 Å². The molecule has 0 saturated carbocycles. The van der Waals surface area contributed by atoms with E-state index in [9.17, 15) is 18.0 Å². The second kappa shape index (κ2) is 8.48. The van der Waals surface area contributed by atoms with E-state index < -0.39 is 17.7 Å². The number of benzene rings is 2. The van der Waals surface area contributed by atoms with Crippen LogP contribution in [0.4, 0.5) is 13.2 Å². The van der Waals surface area contributed by atoms with Crippen molar-refractivity contribution in [2.45, 2.75) is 13.1 Å². The van der Waals surface area contributed by atoms with E-state index in [2.05, 4.69) is 4.98 Å². The van der Waals surface area contributed by atoms with Gasteiger partial charge < -0.3 is 18.6 Å². The standard InChI is InChI=1S/C21H18F3NO5/c1-4-29-20(26)17-18(13-9-15(27-2)11-16(10-13)28-3)30-19(25-17)12-5-7-14(8-6-12)21(22,23)24/h5-11H,4H2,1-3H3.